The quantitative estimate of drug-likeness (QED) is 0.812. The number of piperidine rings is 1. The summed E-state index contributed by atoms with van der Waals surface area (Å²) in [5, 5.41) is 3.21. The number of amides is 1. The SMILES string of the molecule is CC(C)CNC(=O)C1(CN2CCN(C)CC2)CCN(C)CC1. The predicted octanol–water partition coefficient (Wildman–Crippen LogP) is 0.718. The van der Waals surface area contributed by atoms with Gasteiger partial charge in [-0.2, -0.15) is 0 Å². The van der Waals surface area contributed by atoms with Crippen molar-refractivity contribution in [1.29, 1.82) is 0 Å². The van der Waals surface area contributed by atoms with Crippen LogP contribution in [0.25, 0.3) is 0 Å². The third-order valence-corrected chi connectivity index (χ3v) is 5.22. The minimum Gasteiger partial charge on any atom is -0.355 e. The first-order valence-corrected chi connectivity index (χ1v) is 8.79. The van der Waals surface area contributed by atoms with E-state index in [9.17, 15) is 4.79 Å². The number of likely N-dealkylation sites (tertiary alicyclic amines) is 1. The van der Waals surface area contributed by atoms with E-state index in [1.54, 1.807) is 0 Å². The van der Waals surface area contributed by atoms with Gasteiger partial charge in [-0.25, -0.2) is 0 Å². The minimum absolute atomic E-state index is 0.183. The molecule has 0 unspecified atom stereocenters. The summed E-state index contributed by atoms with van der Waals surface area (Å²) in [4.78, 5) is 20.1. The molecule has 0 aromatic rings. The van der Waals surface area contributed by atoms with Crippen molar-refractivity contribution >= 4 is 5.91 Å². The molecule has 5 heteroatoms. The van der Waals surface area contributed by atoms with Gasteiger partial charge in [0.25, 0.3) is 0 Å². The Morgan fingerprint density at radius 1 is 1.00 bits per heavy atom. The molecule has 2 fully saturated rings. The van der Waals surface area contributed by atoms with Crippen LogP contribution >= 0.6 is 0 Å². The predicted molar refractivity (Wildman–Crippen MR) is 90.9 cm³/mol. The second-order valence-electron chi connectivity index (χ2n) is 7.77. The third kappa shape index (κ3) is 4.67. The smallest absolute Gasteiger partial charge is 0.227 e. The topological polar surface area (TPSA) is 38.8 Å². The molecule has 2 rings (SSSR count). The molecular formula is C17H34N4O. The van der Waals surface area contributed by atoms with Gasteiger partial charge in [-0.1, -0.05) is 13.8 Å². The lowest BCUT2D eigenvalue weighted by Gasteiger charge is -2.44. The molecule has 5 nitrogen and oxygen atoms in total. The van der Waals surface area contributed by atoms with Crippen LogP contribution in [0.15, 0.2) is 0 Å². The molecule has 2 saturated heterocycles. The van der Waals surface area contributed by atoms with E-state index in [4.69, 9.17) is 0 Å². The maximum Gasteiger partial charge on any atom is 0.227 e. The van der Waals surface area contributed by atoms with E-state index in [-0.39, 0.29) is 11.3 Å². The number of hydrogen-bond donors (Lipinski definition) is 1. The summed E-state index contributed by atoms with van der Waals surface area (Å²) in [5.41, 5.74) is -0.183. The van der Waals surface area contributed by atoms with Gasteiger partial charge in [0.1, 0.15) is 0 Å². The molecule has 22 heavy (non-hydrogen) atoms. The van der Waals surface area contributed by atoms with E-state index >= 15 is 0 Å². The van der Waals surface area contributed by atoms with Crippen molar-refractivity contribution in [3.8, 4) is 0 Å². The van der Waals surface area contributed by atoms with E-state index in [1.165, 1.54) is 0 Å². The van der Waals surface area contributed by atoms with Crippen LogP contribution < -0.4 is 5.32 Å². The highest BCUT2D eigenvalue weighted by atomic mass is 16.2. The Balaban J connectivity index is 2.00. The summed E-state index contributed by atoms with van der Waals surface area (Å²) in [6.07, 6.45) is 1.97. The molecule has 0 radical (unpaired) electrons. The fraction of sp³-hybridized carbons (Fsp3) is 0.941. The van der Waals surface area contributed by atoms with Gasteiger partial charge < -0.3 is 15.1 Å². The summed E-state index contributed by atoms with van der Waals surface area (Å²) < 4.78 is 0. The van der Waals surface area contributed by atoms with E-state index in [1.807, 2.05) is 0 Å². The molecule has 2 heterocycles. The van der Waals surface area contributed by atoms with Gasteiger partial charge in [0, 0.05) is 39.3 Å². The number of nitrogens with zero attached hydrogens (tertiary/aromatic N) is 3. The van der Waals surface area contributed by atoms with Gasteiger partial charge in [-0.15, -0.1) is 0 Å². The second-order valence-corrected chi connectivity index (χ2v) is 7.77. The summed E-state index contributed by atoms with van der Waals surface area (Å²) in [6.45, 7) is 12.5. The molecule has 0 saturated carbocycles. The van der Waals surface area contributed by atoms with Crippen LogP contribution in [0.4, 0.5) is 0 Å². The number of carbonyl (C=O) groups excluding carboxylic acids is 1. The zero-order valence-electron chi connectivity index (χ0n) is 14.9. The van der Waals surface area contributed by atoms with Crippen LogP contribution in [0.1, 0.15) is 26.7 Å². The molecule has 0 atom stereocenters. The fourth-order valence-corrected chi connectivity index (χ4v) is 3.42. The maximum absolute atomic E-state index is 12.9. The second kappa shape index (κ2) is 7.75. The standard InChI is InChI=1S/C17H34N4O/c1-15(2)13-18-16(22)17(5-7-19(3)8-6-17)14-21-11-9-20(4)10-12-21/h15H,5-14H2,1-4H3,(H,18,22). The van der Waals surface area contributed by atoms with Crippen molar-refractivity contribution in [2.24, 2.45) is 11.3 Å². The molecule has 2 aliphatic heterocycles. The molecule has 2 aliphatic rings. The summed E-state index contributed by atoms with van der Waals surface area (Å²) in [7, 11) is 4.34. The van der Waals surface area contributed by atoms with Crippen LogP contribution in [0.2, 0.25) is 0 Å². The number of hydrogen-bond acceptors (Lipinski definition) is 4. The van der Waals surface area contributed by atoms with Crippen molar-refractivity contribution in [2.45, 2.75) is 26.7 Å². The Kier molecular flexibility index (Phi) is 6.24. The van der Waals surface area contributed by atoms with E-state index in [2.05, 4.69) is 48.0 Å². The van der Waals surface area contributed by atoms with E-state index in [0.29, 0.717) is 5.92 Å². The highest BCUT2D eigenvalue weighted by molar-refractivity contribution is 5.83. The van der Waals surface area contributed by atoms with Crippen molar-refractivity contribution in [3.63, 3.8) is 0 Å². The maximum atomic E-state index is 12.9. The molecule has 0 aromatic heterocycles. The van der Waals surface area contributed by atoms with Crippen molar-refractivity contribution in [2.75, 3.05) is 66.5 Å². The van der Waals surface area contributed by atoms with Gasteiger partial charge in [0.05, 0.1) is 5.41 Å². The third-order valence-electron chi connectivity index (χ3n) is 5.22. The van der Waals surface area contributed by atoms with Crippen LogP contribution in [-0.4, -0.2) is 87.1 Å². The monoisotopic (exact) mass is 310 g/mol. The Morgan fingerprint density at radius 3 is 2.09 bits per heavy atom. The first-order chi connectivity index (χ1) is 10.4. The van der Waals surface area contributed by atoms with Crippen LogP contribution in [-0.2, 0) is 4.79 Å². The zero-order valence-corrected chi connectivity index (χ0v) is 14.9. The summed E-state index contributed by atoms with van der Waals surface area (Å²) >= 11 is 0. The Hall–Kier alpha value is -0.650. The van der Waals surface area contributed by atoms with Crippen molar-refractivity contribution in [3.05, 3.63) is 0 Å². The normalized spacial score (nSPS) is 24.6. The number of likely N-dealkylation sites (N-methyl/N-ethyl adjacent to an activating group) is 1. The van der Waals surface area contributed by atoms with E-state index in [0.717, 1.165) is 65.2 Å². The lowest BCUT2D eigenvalue weighted by Crippen LogP contribution is -2.56. The van der Waals surface area contributed by atoms with Gasteiger partial charge >= 0.3 is 0 Å². The van der Waals surface area contributed by atoms with Gasteiger partial charge in [0.2, 0.25) is 5.91 Å². The van der Waals surface area contributed by atoms with Crippen molar-refractivity contribution in [1.82, 2.24) is 20.0 Å². The lowest BCUT2D eigenvalue weighted by molar-refractivity contribution is -0.135. The first kappa shape index (κ1) is 17.7. The van der Waals surface area contributed by atoms with Gasteiger partial charge in [-0.05, 0) is 45.9 Å². The lowest BCUT2D eigenvalue weighted by atomic mass is 9.76. The van der Waals surface area contributed by atoms with Crippen LogP contribution in [0.3, 0.4) is 0 Å². The fourth-order valence-electron chi connectivity index (χ4n) is 3.42. The number of rotatable bonds is 5. The highest BCUT2D eigenvalue weighted by Crippen LogP contribution is 2.33. The zero-order chi connectivity index (χ0) is 16.2. The number of piperazine rings is 1. The van der Waals surface area contributed by atoms with Crippen molar-refractivity contribution < 1.29 is 4.79 Å². The molecule has 1 N–H and O–H groups in total. The average molecular weight is 310 g/mol. The van der Waals surface area contributed by atoms with Crippen LogP contribution in [0, 0.1) is 11.3 Å². The molecule has 0 spiro atoms. The van der Waals surface area contributed by atoms with Gasteiger partial charge in [-0.3, -0.25) is 9.69 Å². The number of nitrogens with one attached hydrogen (secondary N) is 1. The summed E-state index contributed by atoms with van der Waals surface area (Å²) in [6, 6.07) is 0. The Bertz CT molecular complexity index is 356. The minimum atomic E-state index is -0.183. The Labute approximate surface area is 136 Å². The molecule has 128 valence electrons. The molecule has 0 aliphatic carbocycles. The van der Waals surface area contributed by atoms with Crippen LogP contribution in [0.5, 0.6) is 0 Å². The molecule has 0 aromatic carbocycles. The summed E-state index contributed by atoms with van der Waals surface area (Å²) in [5.74, 6) is 0.795. The molecular weight excluding hydrogens is 276 g/mol. The number of carbonyl (C=O) groups is 1. The Morgan fingerprint density at radius 2 is 1.55 bits per heavy atom. The molecule has 0 bridgehead atoms. The average Bonchev–Trinajstić information content (AvgIpc) is 2.49. The van der Waals surface area contributed by atoms with E-state index < -0.39 is 0 Å². The van der Waals surface area contributed by atoms with Gasteiger partial charge in [0.15, 0.2) is 0 Å². The first-order valence-electron chi connectivity index (χ1n) is 8.79. The largest absolute Gasteiger partial charge is 0.355 e. The molecule has 1 amide bonds. The highest BCUT2D eigenvalue weighted by Gasteiger charge is 2.42.